The summed E-state index contributed by atoms with van der Waals surface area (Å²) in [5.41, 5.74) is 7.71. The summed E-state index contributed by atoms with van der Waals surface area (Å²) in [5, 5.41) is 13.2. The van der Waals surface area contributed by atoms with E-state index in [1.165, 1.54) is 11.6 Å². The number of aromatic nitrogens is 3. The van der Waals surface area contributed by atoms with E-state index in [0.717, 1.165) is 69.6 Å². The van der Waals surface area contributed by atoms with Gasteiger partial charge in [0.25, 0.3) is 0 Å². The maximum absolute atomic E-state index is 13.9. The van der Waals surface area contributed by atoms with Crippen LogP contribution in [0.5, 0.6) is 0 Å². The van der Waals surface area contributed by atoms with E-state index < -0.39 is 0 Å². The fraction of sp³-hybridized carbons (Fsp3) is 0.185. The Kier molecular flexibility index (Phi) is 5.75. The van der Waals surface area contributed by atoms with Gasteiger partial charge in [0.15, 0.2) is 0 Å². The second-order valence-electron chi connectivity index (χ2n) is 8.21. The highest BCUT2D eigenvalue weighted by Gasteiger charge is 2.17. The minimum Gasteiger partial charge on any atom is -0.357 e. The highest BCUT2D eigenvalue weighted by atomic mass is 19.1. The Labute approximate surface area is 191 Å². The molecule has 0 aliphatic carbocycles. The summed E-state index contributed by atoms with van der Waals surface area (Å²) in [7, 11) is 0. The van der Waals surface area contributed by atoms with E-state index >= 15 is 0 Å². The van der Waals surface area contributed by atoms with Crippen LogP contribution in [0.2, 0.25) is 0 Å². The highest BCUT2D eigenvalue weighted by Crippen LogP contribution is 2.29. The van der Waals surface area contributed by atoms with Crippen molar-refractivity contribution in [2.45, 2.75) is 13.3 Å². The molecule has 0 saturated heterocycles. The summed E-state index contributed by atoms with van der Waals surface area (Å²) >= 11 is 0. The molecular formula is C27H26FN5. The van der Waals surface area contributed by atoms with Gasteiger partial charge in [-0.3, -0.25) is 10.1 Å². The van der Waals surface area contributed by atoms with E-state index in [-0.39, 0.29) is 5.82 Å². The van der Waals surface area contributed by atoms with Crippen molar-refractivity contribution in [1.29, 1.82) is 0 Å². The van der Waals surface area contributed by atoms with Gasteiger partial charge in [0.1, 0.15) is 11.5 Å². The maximum atomic E-state index is 13.9. The van der Waals surface area contributed by atoms with Gasteiger partial charge in [0, 0.05) is 23.0 Å². The SMILES string of the molecule is C=C/C=C(/c1cccc(F)c1)c1cc(-c2n[nH]c3c2=CC(C2=CCNCC2)=NCC=3)[nH]c1C. The first-order chi connectivity index (χ1) is 16.1. The van der Waals surface area contributed by atoms with Crippen molar-refractivity contribution in [3.63, 3.8) is 0 Å². The largest absolute Gasteiger partial charge is 0.357 e. The Balaban J connectivity index is 1.60. The van der Waals surface area contributed by atoms with Crippen LogP contribution < -0.4 is 15.9 Å². The third-order valence-electron chi connectivity index (χ3n) is 6.04. The van der Waals surface area contributed by atoms with Crippen molar-refractivity contribution in [3.05, 3.63) is 93.9 Å². The van der Waals surface area contributed by atoms with Crippen molar-refractivity contribution >= 4 is 23.4 Å². The van der Waals surface area contributed by atoms with Crippen molar-refractivity contribution < 1.29 is 4.39 Å². The van der Waals surface area contributed by atoms with Crippen molar-refractivity contribution in [1.82, 2.24) is 20.5 Å². The summed E-state index contributed by atoms with van der Waals surface area (Å²) < 4.78 is 13.9. The fourth-order valence-corrected chi connectivity index (χ4v) is 4.42. The Hall–Kier alpha value is -3.77. The van der Waals surface area contributed by atoms with Gasteiger partial charge in [-0.2, -0.15) is 5.10 Å². The van der Waals surface area contributed by atoms with Gasteiger partial charge >= 0.3 is 0 Å². The number of nitrogens with zero attached hydrogens (tertiary/aromatic N) is 2. The number of nitrogens with one attached hydrogen (secondary N) is 3. The molecule has 3 aromatic rings. The zero-order valence-corrected chi connectivity index (χ0v) is 18.6. The van der Waals surface area contributed by atoms with Crippen LogP contribution in [-0.2, 0) is 0 Å². The van der Waals surface area contributed by atoms with E-state index in [4.69, 9.17) is 4.99 Å². The van der Waals surface area contributed by atoms with Gasteiger partial charge in [-0.25, -0.2) is 4.39 Å². The number of rotatable bonds is 5. The van der Waals surface area contributed by atoms with Gasteiger partial charge in [0.2, 0.25) is 0 Å². The van der Waals surface area contributed by atoms with Crippen LogP contribution in [-0.4, -0.2) is 40.5 Å². The van der Waals surface area contributed by atoms with E-state index in [1.54, 1.807) is 18.2 Å². The van der Waals surface area contributed by atoms with Gasteiger partial charge in [-0.05, 0) is 67.0 Å². The third kappa shape index (κ3) is 4.17. The van der Waals surface area contributed by atoms with E-state index in [2.05, 4.69) is 51.4 Å². The van der Waals surface area contributed by atoms with Crippen LogP contribution in [0, 0.1) is 12.7 Å². The van der Waals surface area contributed by atoms with Crippen LogP contribution in [0.4, 0.5) is 4.39 Å². The minimum atomic E-state index is -0.266. The molecule has 0 bridgehead atoms. The molecule has 6 heteroatoms. The maximum Gasteiger partial charge on any atom is 0.123 e. The summed E-state index contributed by atoms with van der Waals surface area (Å²) in [6, 6.07) is 8.70. The number of benzene rings is 1. The van der Waals surface area contributed by atoms with Crippen LogP contribution in [0.15, 0.2) is 65.7 Å². The zero-order chi connectivity index (χ0) is 22.8. The number of hydrogen-bond acceptors (Lipinski definition) is 3. The molecule has 33 heavy (non-hydrogen) atoms. The standard InChI is InChI=1S/C27H26FN5/c1-3-5-21(19-6-4-7-20(28)14-19)22-15-26(31-17(22)2)27-23-16-25(18-8-11-29-12-9-18)30-13-10-24(23)32-33-27/h3-8,10,14-16,29,31-32H,1,9,11-13H2,2H3/b21-5-. The fourth-order valence-electron chi connectivity index (χ4n) is 4.42. The Bertz CT molecular complexity index is 1430. The van der Waals surface area contributed by atoms with E-state index in [0.29, 0.717) is 6.54 Å². The molecule has 1 aromatic carbocycles. The molecule has 0 spiro atoms. The Morgan fingerprint density at radius 3 is 2.91 bits per heavy atom. The first-order valence-electron chi connectivity index (χ1n) is 11.1. The average molecular weight is 440 g/mol. The predicted octanol–water partition coefficient (Wildman–Crippen LogP) is 3.41. The van der Waals surface area contributed by atoms with Gasteiger partial charge in [-0.15, -0.1) is 0 Å². The van der Waals surface area contributed by atoms with Crippen LogP contribution in [0.25, 0.3) is 29.1 Å². The number of fused-ring (bicyclic) bond motifs is 1. The molecule has 4 heterocycles. The molecule has 3 N–H and O–H groups in total. The molecule has 166 valence electrons. The Morgan fingerprint density at radius 2 is 2.12 bits per heavy atom. The number of aliphatic imine (C=N–C) groups is 1. The molecule has 0 saturated carbocycles. The molecule has 2 aromatic heterocycles. The molecule has 5 rings (SSSR count). The number of aryl methyl sites for hydroxylation is 1. The molecular weight excluding hydrogens is 413 g/mol. The van der Waals surface area contributed by atoms with Gasteiger partial charge in [0.05, 0.1) is 23.3 Å². The topological polar surface area (TPSA) is 68.9 Å². The number of allylic oxidation sites excluding steroid dienone is 2. The molecule has 0 radical (unpaired) electrons. The molecule has 2 aliphatic rings. The molecule has 5 nitrogen and oxygen atoms in total. The van der Waals surface area contributed by atoms with Gasteiger partial charge < -0.3 is 10.3 Å². The van der Waals surface area contributed by atoms with E-state index in [9.17, 15) is 4.39 Å². The monoisotopic (exact) mass is 439 g/mol. The summed E-state index contributed by atoms with van der Waals surface area (Å²) in [4.78, 5) is 8.27. The predicted molar refractivity (Wildman–Crippen MR) is 133 cm³/mol. The first-order valence-corrected chi connectivity index (χ1v) is 11.1. The number of halogens is 1. The summed E-state index contributed by atoms with van der Waals surface area (Å²) in [5.74, 6) is -0.266. The van der Waals surface area contributed by atoms with Crippen LogP contribution in [0.1, 0.15) is 23.2 Å². The summed E-state index contributed by atoms with van der Waals surface area (Å²) in [6.45, 7) is 8.32. The average Bonchev–Trinajstić information content (AvgIpc) is 3.33. The number of hydrogen-bond donors (Lipinski definition) is 3. The summed E-state index contributed by atoms with van der Waals surface area (Å²) in [6.07, 6.45) is 11.0. The van der Waals surface area contributed by atoms with Crippen molar-refractivity contribution in [2.24, 2.45) is 4.99 Å². The van der Waals surface area contributed by atoms with Crippen LogP contribution >= 0.6 is 0 Å². The van der Waals surface area contributed by atoms with E-state index in [1.807, 2.05) is 19.1 Å². The third-order valence-corrected chi connectivity index (χ3v) is 6.04. The second-order valence-corrected chi connectivity index (χ2v) is 8.21. The van der Waals surface area contributed by atoms with Crippen molar-refractivity contribution in [3.8, 4) is 11.4 Å². The quantitative estimate of drug-likeness (QED) is 0.534. The lowest BCUT2D eigenvalue weighted by molar-refractivity contribution is 0.627. The Morgan fingerprint density at radius 1 is 1.21 bits per heavy atom. The molecule has 0 unspecified atom stereocenters. The normalized spacial score (nSPS) is 16.1. The second kappa shape index (κ2) is 9.00. The number of H-pyrrole nitrogens is 2. The lowest BCUT2D eigenvalue weighted by Gasteiger charge is -2.13. The lowest BCUT2D eigenvalue weighted by atomic mass is 9.97. The molecule has 0 fully saturated rings. The molecule has 0 atom stereocenters. The van der Waals surface area contributed by atoms with Gasteiger partial charge in [-0.1, -0.05) is 36.9 Å². The molecule has 0 amide bonds. The highest BCUT2D eigenvalue weighted by molar-refractivity contribution is 6.21. The lowest BCUT2D eigenvalue weighted by Crippen LogP contribution is -2.26. The van der Waals surface area contributed by atoms with Crippen molar-refractivity contribution in [2.75, 3.05) is 19.6 Å². The zero-order valence-electron chi connectivity index (χ0n) is 18.6. The minimum absolute atomic E-state index is 0.266. The van der Waals surface area contributed by atoms with Crippen LogP contribution in [0.3, 0.4) is 0 Å². The first kappa shape index (κ1) is 21.1. The number of aromatic amines is 2. The molecule has 2 aliphatic heterocycles. The smallest absolute Gasteiger partial charge is 0.123 e.